The van der Waals surface area contributed by atoms with Crippen molar-refractivity contribution in [2.45, 2.75) is 19.8 Å². The van der Waals surface area contributed by atoms with Crippen LogP contribution in [0.4, 0.5) is 0 Å². The minimum atomic E-state index is -0.484. The van der Waals surface area contributed by atoms with Crippen LogP contribution in [0.5, 0.6) is 11.5 Å². The molecule has 1 rings (SSSR count). The molecule has 0 aliphatic rings. The van der Waals surface area contributed by atoms with Crippen molar-refractivity contribution < 1.29 is 19.8 Å². The van der Waals surface area contributed by atoms with E-state index in [1.165, 1.54) is 18.2 Å². The molecule has 0 unspecified atom stereocenters. The van der Waals surface area contributed by atoms with Gasteiger partial charge in [0.25, 0.3) is 0 Å². The monoisotopic (exact) mass is 280 g/mol. The second-order valence-electron chi connectivity index (χ2n) is 4.66. The van der Waals surface area contributed by atoms with E-state index in [0.29, 0.717) is 6.54 Å². The van der Waals surface area contributed by atoms with Crippen LogP contribution >= 0.6 is 0 Å². The van der Waals surface area contributed by atoms with E-state index in [9.17, 15) is 19.8 Å². The summed E-state index contributed by atoms with van der Waals surface area (Å²) in [6.45, 7) is 2.69. The van der Waals surface area contributed by atoms with Gasteiger partial charge in [0.1, 0.15) is 0 Å². The van der Waals surface area contributed by atoms with Gasteiger partial charge in [0.2, 0.25) is 5.91 Å². The lowest BCUT2D eigenvalue weighted by atomic mass is 10.1. The number of carbonyl (C=O) groups excluding carboxylic acids is 2. The van der Waals surface area contributed by atoms with Gasteiger partial charge in [-0.15, -0.1) is 0 Å². The highest BCUT2D eigenvalue weighted by molar-refractivity contribution is 5.98. The summed E-state index contributed by atoms with van der Waals surface area (Å²) in [7, 11) is 0. The van der Waals surface area contributed by atoms with Gasteiger partial charge in [0, 0.05) is 5.56 Å². The van der Waals surface area contributed by atoms with E-state index in [1.54, 1.807) is 4.90 Å². The number of hydrogen-bond donors (Lipinski definition) is 3. The van der Waals surface area contributed by atoms with Gasteiger partial charge < -0.3 is 15.9 Å². The van der Waals surface area contributed by atoms with Gasteiger partial charge in [0.15, 0.2) is 17.3 Å². The molecule has 0 saturated carbocycles. The van der Waals surface area contributed by atoms with E-state index in [4.69, 9.17) is 5.73 Å². The number of phenols is 2. The van der Waals surface area contributed by atoms with Crippen LogP contribution in [-0.2, 0) is 4.79 Å². The Balaban J connectivity index is 2.73. The van der Waals surface area contributed by atoms with Crippen molar-refractivity contribution in [2.24, 2.45) is 5.73 Å². The van der Waals surface area contributed by atoms with Gasteiger partial charge in [-0.1, -0.05) is 13.3 Å². The molecule has 0 heterocycles. The molecule has 0 bridgehead atoms. The second kappa shape index (κ2) is 7.49. The van der Waals surface area contributed by atoms with Gasteiger partial charge in [-0.05, 0) is 31.2 Å². The Labute approximate surface area is 117 Å². The van der Waals surface area contributed by atoms with E-state index in [-0.39, 0.29) is 35.9 Å². The minimum absolute atomic E-state index is 0.0236. The van der Waals surface area contributed by atoms with Crippen LogP contribution in [0.3, 0.4) is 0 Å². The van der Waals surface area contributed by atoms with Crippen molar-refractivity contribution in [1.29, 1.82) is 0 Å². The highest BCUT2D eigenvalue weighted by Gasteiger charge is 2.15. The van der Waals surface area contributed by atoms with E-state index in [2.05, 4.69) is 0 Å². The maximum Gasteiger partial charge on any atom is 0.231 e. The molecule has 6 heteroatoms. The first-order valence-corrected chi connectivity index (χ1v) is 6.50. The van der Waals surface area contributed by atoms with Crippen LogP contribution in [0.25, 0.3) is 0 Å². The van der Waals surface area contributed by atoms with Crippen LogP contribution in [0.1, 0.15) is 30.1 Å². The number of phenolic OH excluding ortho intramolecular Hbond substituents is 2. The topological polar surface area (TPSA) is 104 Å². The van der Waals surface area contributed by atoms with Crippen molar-refractivity contribution in [1.82, 2.24) is 4.90 Å². The zero-order valence-electron chi connectivity index (χ0n) is 11.5. The summed E-state index contributed by atoms with van der Waals surface area (Å²) in [6.07, 6.45) is 1.81. The summed E-state index contributed by atoms with van der Waals surface area (Å²) in [6, 6.07) is 3.90. The van der Waals surface area contributed by atoms with Crippen LogP contribution in [0, 0.1) is 0 Å². The van der Waals surface area contributed by atoms with Crippen molar-refractivity contribution in [3.63, 3.8) is 0 Å². The summed E-state index contributed by atoms with van der Waals surface area (Å²) in [4.78, 5) is 24.7. The summed E-state index contributed by atoms with van der Waals surface area (Å²) >= 11 is 0. The van der Waals surface area contributed by atoms with Crippen LogP contribution in [0.15, 0.2) is 18.2 Å². The number of nitrogens with zero attached hydrogens (tertiary/aromatic N) is 1. The number of unbranched alkanes of at least 4 members (excludes halogenated alkanes) is 1. The molecule has 0 aliphatic carbocycles. The third-order valence-corrected chi connectivity index (χ3v) is 2.87. The number of nitrogens with two attached hydrogens (primary N) is 1. The van der Waals surface area contributed by atoms with Gasteiger partial charge in [-0.3, -0.25) is 14.5 Å². The fourth-order valence-corrected chi connectivity index (χ4v) is 1.81. The largest absolute Gasteiger partial charge is 0.504 e. The van der Waals surface area contributed by atoms with Gasteiger partial charge in [-0.25, -0.2) is 0 Å². The van der Waals surface area contributed by atoms with Gasteiger partial charge >= 0.3 is 0 Å². The van der Waals surface area contributed by atoms with Crippen LogP contribution in [0.2, 0.25) is 0 Å². The molecular weight excluding hydrogens is 260 g/mol. The van der Waals surface area contributed by atoms with Crippen molar-refractivity contribution in [2.75, 3.05) is 19.6 Å². The number of hydrogen-bond acceptors (Lipinski definition) is 5. The van der Waals surface area contributed by atoms with Crippen LogP contribution in [-0.4, -0.2) is 46.4 Å². The highest BCUT2D eigenvalue weighted by atomic mass is 16.3. The standard InChI is InChI=1S/C14H20N2O4/c1-2-3-6-16(9-14(15)20)8-13(19)10-4-5-11(17)12(18)7-10/h4-5,7,17-18H,2-3,6,8-9H2,1H3,(H2,15,20). The zero-order chi connectivity index (χ0) is 15.1. The van der Waals surface area contributed by atoms with E-state index >= 15 is 0 Å². The summed E-state index contributed by atoms with van der Waals surface area (Å²) in [5, 5.41) is 18.6. The number of carbonyl (C=O) groups is 2. The van der Waals surface area contributed by atoms with Gasteiger partial charge in [-0.2, -0.15) is 0 Å². The Morgan fingerprint density at radius 1 is 1.20 bits per heavy atom. The Morgan fingerprint density at radius 3 is 2.45 bits per heavy atom. The molecule has 0 saturated heterocycles. The molecule has 0 aromatic heterocycles. The average Bonchev–Trinajstić information content (AvgIpc) is 2.38. The first-order valence-electron chi connectivity index (χ1n) is 6.50. The molecule has 20 heavy (non-hydrogen) atoms. The lowest BCUT2D eigenvalue weighted by Crippen LogP contribution is -2.38. The van der Waals surface area contributed by atoms with E-state index < -0.39 is 5.91 Å². The number of Topliss-reactive ketones (excluding diaryl/α,β-unsaturated/α-hetero) is 1. The molecule has 0 radical (unpaired) electrons. The third-order valence-electron chi connectivity index (χ3n) is 2.87. The number of primary amides is 1. The number of benzene rings is 1. The number of ketones is 1. The summed E-state index contributed by atoms with van der Waals surface area (Å²) in [5.74, 6) is -1.34. The second-order valence-corrected chi connectivity index (χ2v) is 4.66. The van der Waals surface area contributed by atoms with Crippen molar-refractivity contribution in [3.05, 3.63) is 23.8 Å². The zero-order valence-corrected chi connectivity index (χ0v) is 11.5. The smallest absolute Gasteiger partial charge is 0.231 e. The SMILES string of the molecule is CCCCN(CC(N)=O)CC(=O)c1ccc(O)c(O)c1. The molecule has 110 valence electrons. The molecule has 0 atom stereocenters. The molecule has 1 aromatic rings. The molecule has 1 aromatic carbocycles. The molecule has 0 aliphatic heterocycles. The summed E-state index contributed by atoms with van der Waals surface area (Å²) in [5.41, 5.74) is 5.44. The molecular formula is C14H20N2O4. The number of rotatable bonds is 8. The fourth-order valence-electron chi connectivity index (χ4n) is 1.81. The first kappa shape index (κ1) is 16.0. The van der Waals surface area contributed by atoms with Crippen molar-refractivity contribution >= 4 is 11.7 Å². The third kappa shape index (κ3) is 4.89. The lowest BCUT2D eigenvalue weighted by molar-refractivity contribution is -0.119. The Bertz CT molecular complexity index is 488. The average molecular weight is 280 g/mol. The fraction of sp³-hybridized carbons (Fsp3) is 0.429. The normalized spacial score (nSPS) is 10.7. The number of aromatic hydroxyl groups is 2. The Hall–Kier alpha value is -2.08. The van der Waals surface area contributed by atoms with E-state index in [1.807, 2.05) is 6.92 Å². The molecule has 0 spiro atoms. The maximum atomic E-state index is 12.1. The number of amides is 1. The minimum Gasteiger partial charge on any atom is -0.504 e. The highest BCUT2D eigenvalue weighted by Crippen LogP contribution is 2.25. The summed E-state index contributed by atoms with van der Waals surface area (Å²) < 4.78 is 0. The lowest BCUT2D eigenvalue weighted by Gasteiger charge is -2.19. The molecule has 4 N–H and O–H groups in total. The quantitative estimate of drug-likeness (QED) is 0.484. The maximum absolute atomic E-state index is 12.1. The van der Waals surface area contributed by atoms with Crippen LogP contribution < -0.4 is 5.73 Å². The predicted molar refractivity (Wildman–Crippen MR) is 74.6 cm³/mol. The van der Waals surface area contributed by atoms with Gasteiger partial charge in [0.05, 0.1) is 13.1 Å². The Kier molecular flexibility index (Phi) is 5.99. The Morgan fingerprint density at radius 2 is 1.90 bits per heavy atom. The molecule has 6 nitrogen and oxygen atoms in total. The molecule has 1 amide bonds. The van der Waals surface area contributed by atoms with Crippen molar-refractivity contribution in [3.8, 4) is 11.5 Å². The predicted octanol–water partition coefficient (Wildman–Crippen LogP) is 0.868. The van der Waals surface area contributed by atoms with E-state index in [0.717, 1.165) is 12.8 Å². The first-order chi connectivity index (χ1) is 9.43. The molecule has 0 fully saturated rings.